The molecule has 3 aromatic carbocycles. The third kappa shape index (κ3) is 4.09. The molecule has 1 aliphatic heterocycles. The number of benzene rings is 3. The predicted octanol–water partition coefficient (Wildman–Crippen LogP) is 2.94. The molecule has 1 fully saturated rings. The lowest BCUT2D eigenvalue weighted by Crippen LogP contribution is -3.13. The summed E-state index contributed by atoms with van der Waals surface area (Å²) in [5, 5.41) is 13.6. The number of piperazine rings is 1. The molecule has 0 bridgehead atoms. The molecule has 4 rings (SSSR count). The SMILES string of the molecule is O=C(c1ccc(Cl)c([N+](=O)[O-])c1)N1CC[NH+](Cc2cccc3ccccc23)CC1. The van der Waals surface area contributed by atoms with Gasteiger partial charge in [-0.25, -0.2) is 0 Å². The number of halogens is 1. The van der Waals surface area contributed by atoms with Crippen molar-refractivity contribution in [3.8, 4) is 0 Å². The van der Waals surface area contributed by atoms with E-state index in [1.165, 1.54) is 33.4 Å². The Bertz CT molecular complexity index is 1070. The van der Waals surface area contributed by atoms with Crippen LogP contribution in [0.3, 0.4) is 0 Å². The summed E-state index contributed by atoms with van der Waals surface area (Å²) < 4.78 is 0. The Morgan fingerprint density at radius 3 is 2.55 bits per heavy atom. The van der Waals surface area contributed by atoms with Crippen molar-refractivity contribution < 1.29 is 14.6 Å². The van der Waals surface area contributed by atoms with E-state index in [0.29, 0.717) is 18.7 Å². The summed E-state index contributed by atoms with van der Waals surface area (Å²) in [5.74, 6) is -0.186. The molecule has 148 valence electrons. The average Bonchev–Trinajstić information content (AvgIpc) is 2.74. The maximum Gasteiger partial charge on any atom is 0.288 e. The summed E-state index contributed by atoms with van der Waals surface area (Å²) in [6, 6.07) is 19.0. The number of carbonyl (C=O) groups is 1. The topological polar surface area (TPSA) is 67.9 Å². The Balaban J connectivity index is 1.42. The van der Waals surface area contributed by atoms with E-state index in [1.807, 2.05) is 6.07 Å². The number of hydrogen-bond donors (Lipinski definition) is 1. The second kappa shape index (κ2) is 8.19. The molecule has 0 saturated carbocycles. The van der Waals surface area contributed by atoms with Crippen molar-refractivity contribution in [3.05, 3.63) is 86.9 Å². The van der Waals surface area contributed by atoms with Gasteiger partial charge < -0.3 is 9.80 Å². The molecule has 1 saturated heterocycles. The summed E-state index contributed by atoms with van der Waals surface area (Å²) in [5.41, 5.74) is 1.38. The monoisotopic (exact) mass is 410 g/mol. The molecule has 3 aromatic rings. The van der Waals surface area contributed by atoms with Crippen LogP contribution in [0.4, 0.5) is 5.69 Å². The van der Waals surface area contributed by atoms with Crippen LogP contribution in [-0.2, 0) is 6.54 Å². The molecule has 0 radical (unpaired) electrons. The molecule has 0 atom stereocenters. The number of nitro benzene ring substituents is 1. The molecule has 1 aliphatic rings. The molecule has 1 heterocycles. The molecule has 0 spiro atoms. The fraction of sp³-hybridized carbons (Fsp3) is 0.227. The summed E-state index contributed by atoms with van der Waals surface area (Å²) in [7, 11) is 0. The molecule has 6 nitrogen and oxygen atoms in total. The van der Waals surface area contributed by atoms with Gasteiger partial charge in [0.25, 0.3) is 11.6 Å². The first-order valence-electron chi connectivity index (χ1n) is 9.56. The minimum absolute atomic E-state index is 0.0379. The number of nitrogens with one attached hydrogen (secondary N) is 1. The fourth-order valence-corrected chi connectivity index (χ4v) is 4.07. The number of nitro groups is 1. The zero-order valence-electron chi connectivity index (χ0n) is 15.8. The first kappa shape index (κ1) is 19.4. The third-order valence-electron chi connectivity index (χ3n) is 5.47. The predicted molar refractivity (Wildman–Crippen MR) is 112 cm³/mol. The maximum atomic E-state index is 12.8. The first-order chi connectivity index (χ1) is 14.0. The van der Waals surface area contributed by atoms with E-state index in [0.717, 1.165) is 19.6 Å². The van der Waals surface area contributed by atoms with Crippen LogP contribution in [0.15, 0.2) is 60.7 Å². The van der Waals surface area contributed by atoms with Gasteiger partial charge in [-0.2, -0.15) is 0 Å². The van der Waals surface area contributed by atoms with E-state index in [4.69, 9.17) is 11.6 Å². The molecule has 7 heteroatoms. The van der Waals surface area contributed by atoms with Crippen LogP contribution < -0.4 is 4.90 Å². The molecule has 1 N–H and O–H groups in total. The zero-order chi connectivity index (χ0) is 20.4. The minimum atomic E-state index is -0.564. The molecule has 0 aromatic heterocycles. The van der Waals surface area contributed by atoms with Gasteiger partial charge in [-0.05, 0) is 22.9 Å². The summed E-state index contributed by atoms with van der Waals surface area (Å²) >= 11 is 5.85. The van der Waals surface area contributed by atoms with Gasteiger partial charge in [0.1, 0.15) is 11.6 Å². The number of carbonyl (C=O) groups excluding carboxylic acids is 1. The van der Waals surface area contributed by atoms with Crippen molar-refractivity contribution in [2.24, 2.45) is 0 Å². The lowest BCUT2D eigenvalue weighted by Gasteiger charge is -2.32. The van der Waals surface area contributed by atoms with E-state index in [9.17, 15) is 14.9 Å². The Kier molecular flexibility index (Phi) is 5.47. The molecular formula is C22H21ClN3O3+. The highest BCUT2D eigenvalue weighted by molar-refractivity contribution is 6.32. The van der Waals surface area contributed by atoms with Crippen LogP contribution in [0.1, 0.15) is 15.9 Å². The van der Waals surface area contributed by atoms with Crippen molar-refractivity contribution in [3.63, 3.8) is 0 Å². The van der Waals surface area contributed by atoms with E-state index in [1.54, 1.807) is 11.0 Å². The van der Waals surface area contributed by atoms with Crippen LogP contribution in [0.2, 0.25) is 5.02 Å². The Morgan fingerprint density at radius 1 is 1.07 bits per heavy atom. The normalized spacial score (nSPS) is 14.9. The Labute approximate surface area is 173 Å². The van der Waals surface area contributed by atoms with Gasteiger partial charge in [-0.3, -0.25) is 14.9 Å². The smallest absolute Gasteiger partial charge is 0.288 e. The van der Waals surface area contributed by atoms with Gasteiger partial charge in [0.05, 0.1) is 31.1 Å². The molecule has 29 heavy (non-hydrogen) atoms. The lowest BCUT2D eigenvalue weighted by molar-refractivity contribution is -0.917. The van der Waals surface area contributed by atoms with Gasteiger partial charge in [-0.1, -0.05) is 54.1 Å². The van der Waals surface area contributed by atoms with E-state index in [2.05, 4.69) is 36.4 Å². The molecular weight excluding hydrogens is 390 g/mol. The van der Waals surface area contributed by atoms with E-state index < -0.39 is 4.92 Å². The third-order valence-corrected chi connectivity index (χ3v) is 5.79. The van der Waals surface area contributed by atoms with Crippen molar-refractivity contribution in [2.75, 3.05) is 26.2 Å². The quantitative estimate of drug-likeness (QED) is 0.531. The second-order valence-corrected chi connectivity index (χ2v) is 7.69. The number of fused-ring (bicyclic) bond motifs is 1. The largest absolute Gasteiger partial charge is 0.328 e. The number of nitrogens with zero attached hydrogens (tertiary/aromatic N) is 2. The molecule has 0 aliphatic carbocycles. The Hall–Kier alpha value is -2.96. The van der Waals surface area contributed by atoms with Gasteiger partial charge in [-0.15, -0.1) is 0 Å². The van der Waals surface area contributed by atoms with Crippen molar-refractivity contribution in [2.45, 2.75) is 6.54 Å². The van der Waals surface area contributed by atoms with Crippen LogP contribution >= 0.6 is 11.6 Å². The lowest BCUT2D eigenvalue weighted by atomic mass is 10.0. The maximum absolute atomic E-state index is 12.8. The number of hydrogen-bond acceptors (Lipinski definition) is 3. The standard InChI is InChI=1S/C22H20ClN3O3/c23-20-9-8-17(14-21(20)26(28)29)22(27)25-12-10-24(11-13-25)15-18-6-3-5-16-4-1-2-7-19(16)18/h1-9,14H,10-13,15H2/p+1. The van der Waals surface area contributed by atoms with Crippen molar-refractivity contribution >= 4 is 34.0 Å². The summed E-state index contributed by atoms with van der Waals surface area (Å²) in [6.07, 6.45) is 0. The second-order valence-electron chi connectivity index (χ2n) is 7.28. The molecule has 1 amide bonds. The highest BCUT2D eigenvalue weighted by Crippen LogP contribution is 2.25. The van der Waals surface area contributed by atoms with Crippen LogP contribution in [0.25, 0.3) is 10.8 Å². The number of rotatable bonds is 4. The van der Waals surface area contributed by atoms with Crippen molar-refractivity contribution in [1.82, 2.24) is 4.90 Å². The average molecular weight is 411 g/mol. The Morgan fingerprint density at radius 2 is 1.79 bits per heavy atom. The van der Waals surface area contributed by atoms with E-state index in [-0.39, 0.29) is 16.6 Å². The van der Waals surface area contributed by atoms with E-state index >= 15 is 0 Å². The van der Waals surface area contributed by atoms with Crippen LogP contribution in [0, 0.1) is 10.1 Å². The zero-order valence-corrected chi connectivity index (χ0v) is 16.6. The van der Waals surface area contributed by atoms with Crippen LogP contribution in [-0.4, -0.2) is 41.9 Å². The van der Waals surface area contributed by atoms with Gasteiger partial charge in [0, 0.05) is 17.2 Å². The summed E-state index contributed by atoms with van der Waals surface area (Å²) in [4.78, 5) is 26.5. The van der Waals surface area contributed by atoms with Gasteiger partial charge >= 0.3 is 0 Å². The number of amides is 1. The minimum Gasteiger partial charge on any atom is -0.328 e. The van der Waals surface area contributed by atoms with Gasteiger partial charge in [0.15, 0.2) is 0 Å². The van der Waals surface area contributed by atoms with Crippen LogP contribution in [0.5, 0.6) is 0 Å². The highest BCUT2D eigenvalue weighted by Gasteiger charge is 2.26. The van der Waals surface area contributed by atoms with Crippen molar-refractivity contribution in [1.29, 1.82) is 0 Å². The fourth-order valence-electron chi connectivity index (χ4n) is 3.89. The first-order valence-corrected chi connectivity index (χ1v) is 9.94. The van der Waals surface area contributed by atoms with Gasteiger partial charge in [0.2, 0.25) is 0 Å². The molecule has 0 unspecified atom stereocenters. The number of quaternary nitrogens is 1. The summed E-state index contributed by atoms with van der Waals surface area (Å²) in [6.45, 7) is 3.83. The highest BCUT2D eigenvalue weighted by atomic mass is 35.5.